The molecule has 88 valence electrons. The molecule has 1 unspecified atom stereocenters. The van der Waals surface area contributed by atoms with Gasteiger partial charge in [0.25, 0.3) is 0 Å². The number of aliphatic hydroxyl groups excluding tert-OH is 1. The fraction of sp³-hybridized carbons (Fsp3) is 0.455. The normalized spacial score (nSPS) is 20.4. The number of halogens is 2. The second-order valence-electron chi connectivity index (χ2n) is 4.11. The third-order valence-corrected chi connectivity index (χ3v) is 3.78. The van der Waals surface area contributed by atoms with E-state index >= 15 is 0 Å². The monoisotopic (exact) mass is 336 g/mol. The second-order valence-corrected chi connectivity index (χ2v) is 5.27. The molecule has 1 aromatic carbocycles. The third-order valence-electron chi connectivity index (χ3n) is 2.95. The lowest BCUT2D eigenvalue weighted by molar-refractivity contribution is 0.238. The van der Waals surface area contributed by atoms with E-state index in [1.165, 1.54) is 6.07 Å². The minimum atomic E-state index is -0.239. The predicted molar refractivity (Wildman–Crippen MR) is 70.9 cm³/mol. The maximum absolute atomic E-state index is 13.5. The Morgan fingerprint density at radius 2 is 2.31 bits per heavy atom. The highest BCUT2D eigenvalue weighted by molar-refractivity contribution is 14.1. The molecule has 1 fully saturated rings. The molecule has 3 N–H and O–H groups in total. The van der Waals surface area contributed by atoms with Crippen LogP contribution < -0.4 is 10.6 Å². The fourth-order valence-corrected chi connectivity index (χ4v) is 2.52. The zero-order valence-electron chi connectivity index (χ0n) is 8.79. The highest BCUT2D eigenvalue weighted by atomic mass is 127. The molecule has 5 heteroatoms. The van der Waals surface area contributed by atoms with Crippen molar-refractivity contribution in [2.75, 3.05) is 30.3 Å². The summed E-state index contributed by atoms with van der Waals surface area (Å²) in [7, 11) is 0. The summed E-state index contributed by atoms with van der Waals surface area (Å²) < 4.78 is 14.0. The van der Waals surface area contributed by atoms with E-state index < -0.39 is 0 Å². The minimum Gasteiger partial charge on any atom is -0.397 e. The maximum atomic E-state index is 13.5. The Bertz CT molecular complexity index is 400. The number of nitrogens with two attached hydrogens (primary N) is 1. The molecular formula is C11H14FIN2O. The van der Waals surface area contributed by atoms with Crippen LogP contribution in [0.3, 0.4) is 0 Å². The zero-order chi connectivity index (χ0) is 11.7. The number of hydrogen-bond donors (Lipinski definition) is 2. The summed E-state index contributed by atoms with van der Waals surface area (Å²) in [4.78, 5) is 2.04. The average Bonchev–Trinajstić information content (AvgIpc) is 2.71. The van der Waals surface area contributed by atoms with E-state index in [1.54, 1.807) is 6.07 Å². The second kappa shape index (κ2) is 4.75. The zero-order valence-corrected chi connectivity index (χ0v) is 10.9. The van der Waals surface area contributed by atoms with Crippen LogP contribution >= 0.6 is 22.6 Å². The van der Waals surface area contributed by atoms with Crippen LogP contribution in [0.4, 0.5) is 15.8 Å². The van der Waals surface area contributed by atoms with Crippen molar-refractivity contribution in [3.63, 3.8) is 0 Å². The van der Waals surface area contributed by atoms with Gasteiger partial charge in [-0.1, -0.05) is 0 Å². The van der Waals surface area contributed by atoms with E-state index in [2.05, 4.69) is 0 Å². The van der Waals surface area contributed by atoms with Gasteiger partial charge in [0.15, 0.2) is 0 Å². The van der Waals surface area contributed by atoms with Gasteiger partial charge in [-0.05, 0) is 35.1 Å². The predicted octanol–water partition coefficient (Wildman–Crippen LogP) is 1.83. The van der Waals surface area contributed by atoms with Gasteiger partial charge in [-0.15, -0.1) is 0 Å². The SMILES string of the molecule is Nc1cc(I)c(F)cc1N1CCC(CO)C1. The number of rotatable bonds is 2. The molecule has 1 saturated heterocycles. The van der Waals surface area contributed by atoms with Gasteiger partial charge in [-0.25, -0.2) is 4.39 Å². The average molecular weight is 336 g/mol. The van der Waals surface area contributed by atoms with E-state index in [0.717, 1.165) is 25.2 Å². The lowest BCUT2D eigenvalue weighted by Crippen LogP contribution is -2.22. The van der Waals surface area contributed by atoms with Gasteiger partial charge in [0.05, 0.1) is 14.9 Å². The van der Waals surface area contributed by atoms with Gasteiger partial charge in [-0.3, -0.25) is 0 Å². The summed E-state index contributed by atoms with van der Waals surface area (Å²) in [5, 5.41) is 9.07. The highest BCUT2D eigenvalue weighted by Gasteiger charge is 2.23. The number of nitrogen functional groups attached to an aromatic ring is 1. The standard InChI is InChI=1S/C11H14FIN2O/c12-8-3-11(10(14)4-9(8)13)15-2-1-7(5-15)6-16/h3-4,7,16H,1-2,5-6,14H2. The van der Waals surface area contributed by atoms with Gasteiger partial charge < -0.3 is 15.7 Å². The summed E-state index contributed by atoms with van der Waals surface area (Å²) >= 11 is 1.93. The number of hydrogen-bond acceptors (Lipinski definition) is 3. The Hall–Kier alpha value is -0.560. The molecule has 0 radical (unpaired) electrons. The van der Waals surface area contributed by atoms with Gasteiger partial charge in [0, 0.05) is 31.7 Å². The Labute approximate surface area is 108 Å². The van der Waals surface area contributed by atoms with E-state index in [4.69, 9.17) is 10.8 Å². The van der Waals surface area contributed by atoms with Gasteiger partial charge in [0.1, 0.15) is 5.82 Å². The van der Waals surface area contributed by atoms with Crippen LogP contribution in [0.2, 0.25) is 0 Å². The molecule has 1 heterocycles. The Balaban J connectivity index is 2.24. The van der Waals surface area contributed by atoms with Crippen molar-refractivity contribution in [1.29, 1.82) is 0 Å². The lowest BCUT2D eigenvalue weighted by atomic mass is 10.1. The van der Waals surface area contributed by atoms with Crippen LogP contribution in [0.25, 0.3) is 0 Å². The number of benzene rings is 1. The van der Waals surface area contributed by atoms with Crippen molar-refractivity contribution < 1.29 is 9.50 Å². The van der Waals surface area contributed by atoms with Gasteiger partial charge >= 0.3 is 0 Å². The summed E-state index contributed by atoms with van der Waals surface area (Å²) in [6.45, 7) is 1.76. The van der Waals surface area contributed by atoms with E-state index in [1.807, 2.05) is 27.5 Å². The summed E-state index contributed by atoms with van der Waals surface area (Å²) in [6, 6.07) is 3.13. The van der Waals surface area contributed by atoms with E-state index in [0.29, 0.717) is 9.26 Å². The Morgan fingerprint density at radius 3 is 2.94 bits per heavy atom. The first-order valence-electron chi connectivity index (χ1n) is 5.22. The smallest absolute Gasteiger partial charge is 0.138 e. The molecule has 0 amide bonds. The third kappa shape index (κ3) is 2.24. The number of anilines is 2. The molecule has 1 aliphatic heterocycles. The molecule has 0 saturated carbocycles. The molecule has 0 aromatic heterocycles. The van der Waals surface area contributed by atoms with Crippen LogP contribution in [-0.2, 0) is 0 Å². The van der Waals surface area contributed by atoms with Crippen molar-refractivity contribution in [2.24, 2.45) is 5.92 Å². The maximum Gasteiger partial charge on any atom is 0.138 e. The topological polar surface area (TPSA) is 49.5 Å². The van der Waals surface area contributed by atoms with E-state index in [-0.39, 0.29) is 18.3 Å². The molecule has 1 atom stereocenters. The quantitative estimate of drug-likeness (QED) is 0.640. The minimum absolute atomic E-state index is 0.184. The number of nitrogens with zero attached hydrogens (tertiary/aromatic N) is 1. The first-order valence-corrected chi connectivity index (χ1v) is 6.30. The van der Waals surface area contributed by atoms with Crippen molar-refractivity contribution in [2.45, 2.75) is 6.42 Å². The molecule has 1 aliphatic rings. The van der Waals surface area contributed by atoms with Gasteiger partial charge in [-0.2, -0.15) is 0 Å². The van der Waals surface area contributed by atoms with Crippen molar-refractivity contribution in [1.82, 2.24) is 0 Å². The Morgan fingerprint density at radius 1 is 1.56 bits per heavy atom. The molecule has 16 heavy (non-hydrogen) atoms. The molecule has 2 rings (SSSR count). The summed E-state index contributed by atoms with van der Waals surface area (Å²) in [6.07, 6.45) is 0.934. The first kappa shape index (κ1) is 11.9. The molecule has 0 bridgehead atoms. The van der Waals surface area contributed by atoms with Crippen molar-refractivity contribution >= 4 is 34.0 Å². The van der Waals surface area contributed by atoms with E-state index in [9.17, 15) is 4.39 Å². The molecule has 0 aliphatic carbocycles. The largest absolute Gasteiger partial charge is 0.397 e. The first-order chi connectivity index (χ1) is 7.61. The molecular weight excluding hydrogens is 322 g/mol. The molecule has 1 aromatic rings. The van der Waals surface area contributed by atoms with Crippen LogP contribution in [0.5, 0.6) is 0 Å². The van der Waals surface area contributed by atoms with Crippen LogP contribution in [-0.4, -0.2) is 24.8 Å². The van der Waals surface area contributed by atoms with Crippen LogP contribution in [0, 0.1) is 15.3 Å². The fourth-order valence-electron chi connectivity index (χ4n) is 2.03. The summed E-state index contributed by atoms with van der Waals surface area (Å²) in [5.41, 5.74) is 7.23. The van der Waals surface area contributed by atoms with Gasteiger partial charge in [0.2, 0.25) is 0 Å². The highest BCUT2D eigenvalue weighted by Crippen LogP contribution is 2.31. The number of aliphatic hydroxyl groups is 1. The van der Waals surface area contributed by atoms with Crippen molar-refractivity contribution in [3.8, 4) is 0 Å². The van der Waals surface area contributed by atoms with Crippen molar-refractivity contribution in [3.05, 3.63) is 21.5 Å². The summed E-state index contributed by atoms with van der Waals surface area (Å²) in [5.74, 6) is 0.0407. The lowest BCUT2D eigenvalue weighted by Gasteiger charge is -2.20. The van der Waals surface area contributed by atoms with Crippen LogP contribution in [0.15, 0.2) is 12.1 Å². The Kier molecular flexibility index (Phi) is 3.53. The molecule has 3 nitrogen and oxygen atoms in total. The van der Waals surface area contributed by atoms with Crippen LogP contribution in [0.1, 0.15) is 6.42 Å². The molecule has 0 spiro atoms.